The Bertz CT molecular complexity index is 616. The van der Waals surface area contributed by atoms with E-state index in [1.165, 1.54) is 0 Å². The number of nitrogens with one attached hydrogen (secondary N) is 1. The lowest BCUT2D eigenvalue weighted by molar-refractivity contribution is 0.171. The molecule has 0 saturated carbocycles. The van der Waals surface area contributed by atoms with Crippen LogP contribution in [0.3, 0.4) is 0 Å². The van der Waals surface area contributed by atoms with E-state index in [-0.39, 0.29) is 6.04 Å². The Labute approximate surface area is 117 Å². The zero-order valence-electron chi connectivity index (χ0n) is 11.3. The van der Waals surface area contributed by atoms with E-state index in [1.54, 1.807) is 6.20 Å². The van der Waals surface area contributed by atoms with E-state index in [0.29, 0.717) is 13.2 Å². The van der Waals surface area contributed by atoms with Crippen LogP contribution in [0.4, 0.5) is 0 Å². The topological polar surface area (TPSA) is 69.4 Å². The number of benzene rings is 1. The van der Waals surface area contributed by atoms with Crippen LogP contribution in [0.25, 0.3) is 0 Å². The second-order valence-electron chi connectivity index (χ2n) is 4.76. The molecule has 0 fully saturated rings. The van der Waals surface area contributed by atoms with Crippen LogP contribution in [0.15, 0.2) is 36.5 Å². The second kappa shape index (κ2) is 5.48. The molecule has 1 unspecified atom stereocenters. The molecule has 1 aliphatic heterocycles. The molecule has 0 saturated heterocycles. The van der Waals surface area contributed by atoms with Crippen molar-refractivity contribution in [2.24, 2.45) is 5.84 Å². The summed E-state index contributed by atoms with van der Waals surface area (Å²) in [5, 5.41) is 0. The number of aromatic nitrogens is 1. The maximum absolute atomic E-state index is 5.70. The highest BCUT2D eigenvalue weighted by molar-refractivity contribution is 5.46. The van der Waals surface area contributed by atoms with Gasteiger partial charge >= 0.3 is 0 Å². The van der Waals surface area contributed by atoms with E-state index in [0.717, 1.165) is 28.3 Å². The summed E-state index contributed by atoms with van der Waals surface area (Å²) in [5.74, 6) is 7.22. The lowest BCUT2D eigenvalue weighted by atomic mass is 10.0. The molecule has 5 nitrogen and oxygen atoms in total. The van der Waals surface area contributed by atoms with Gasteiger partial charge in [0.25, 0.3) is 0 Å². The van der Waals surface area contributed by atoms with Gasteiger partial charge < -0.3 is 9.47 Å². The summed E-state index contributed by atoms with van der Waals surface area (Å²) in [6.45, 7) is 3.19. The van der Waals surface area contributed by atoms with Gasteiger partial charge in [-0.2, -0.15) is 0 Å². The van der Waals surface area contributed by atoms with Gasteiger partial charge in [-0.15, -0.1) is 0 Å². The predicted octanol–water partition coefficient (Wildman–Crippen LogP) is 1.71. The van der Waals surface area contributed by atoms with E-state index in [1.807, 2.05) is 37.3 Å². The molecular weight excluding hydrogens is 254 g/mol. The van der Waals surface area contributed by atoms with Crippen molar-refractivity contribution in [1.29, 1.82) is 0 Å². The fourth-order valence-corrected chi connectivity index (χ4v) is 2.31. The molecule has 104 valence electrons. The minimum absolute atomic E-state index is 0.175. The number of hydrazine groups is 1. The van der Waals surface area contributed by atoms with Crippen molar-refractivity contribution >= 4 is 0 Å². The van der Waals surface area contributed by atoms with Gasteiger partial charge in [-0.05, 0) is 42.3 Å². The minimum atomic E-state index is -0.175. The summed E-state index contributed by atoms with van der Waals surface area (Å²) in [5.41, 5.74) is 5.83. The molecule has 1 atom stereocenters. The molecule has 0 amide bonds. The first-order valence-electron chi connectivity index (χ1n) is 6.56. The number of hydrogen-bond acceptors (Lipinski definition) is 5. The number of nitrogens with zero attached hydrogens (tertiary/aromatic N) is 1. The molecule has 1 aromatic carbocycles. The third kappa shape index (κ3) is 2.45. The van der Waals surface area contributed by atoms with Crippen molar-refractivity contribution in [3.05, 3.63) is 53.3 Å². The summed E-state index contributed by atoms with van der Waals surface area (Å²) >= 11 is 0. The van der Waals surface area contributed by atoms with Gasteiger partial charge in [0.05, 0.1) is 11.7 Å². The average molecular weight is 271 g/mol. The summed E-state index contributed by atoms with van der Waals surface area (Å²) in [4.78, 5) is 4.38. The third-order valence-corrected chi connectivity index (χ3v) is 3.30. The molecule has 0 radical (unpaired) electrons. The molecule has 0 spiro atoms. The van der Waals surface area contributed by atoms with Gasteiger partial charge in [0.2, 0.25) is 0 Å². The van der Waals surface area contributed by atoms with Gasteiger partial charge in [-0.1, -0.05) is 6.07 Å². The van der Waals surface area contributed by atoms with Crippen LogP contribution in [0, 0.1) is 6.92 Å². The largest absolute Gasteiger partial charge is 0.486 e. The van der Waals surface area contributed by atoms with Crippen molar-refractivity contribution in [3.63, 3.8) is 0 Å². The normalized spacial score (nSPS) is 14.9. The highest BCUT2D eigenvalue weighted by atomic mass is 16.6. The van der Waals surface area contributed by atoms with Gasteiger partial charge in [0, 0.05) is 6.20 Å². The first-order chi connectivity index (χ1) is 9.78. The van der Waals surface area contributed by atoms with E-state index >= 15 is 0 Å². The lowest BCUT2D eigenvalue weighted by Crippen LogP contribution is -2.29. The van der Waals surface area contributed by atoms with E-state index in [4.69, 9.17) is 15.3 Å². The molecule has 3 N–H and O–H groups in total. The van der Waals surface area contributed by atoms with E-state index in [2.05, 4.69) is 10.4 Å². The fraction of sp³-hybridized carbons (Fsp3) is 0.267. The minimum Gasteiger partial charge on any atom is -0.486 e. The average Bonchev–Trinajstić information content (AvgIpc) is 2.48. The number of rotatable bonds is 3. The number of hydrogen-bond donors (Lipinski definition) is 2. The lowest BCUT2D eigenvalue weighted by Gasteiger charge is -2.21. The van der Waals surface area contributed by atoms with Gasteiger partial charge in [0.1, 0.15) is 13.2 Å². The predicted molar refractivity (Wildman–Crippen MR) is 75.6 cm³/mol. The van der Waals surface area contributed by atoms with Crippen molar-refractivity contribution in [1.82, 2.24) is 10.4 Å². The van der Waals surface area contributed by atoms with Crippen molar-refractivity contribution in [3.8, 4) is 11.5 Å². The van der Waals surface area contributed by atoms with Crippen LogP contribution in [0.1, 0.15) is 22.9 Å². The molecule has 1 aromatic heterocycles. The standard InChI is InChI=1S/C15H17N3O2/c1-10-4-5-17-12(8-10)15(18-16)11-2-3-13-14(9-11)20-7-6-19-13/h2-5,8-9,15,18H,6-7,16H2,1H3. The van der Waals surface area contributed by atoms with Crippen molar-refractivity contribution < 1.29 is 9.47 Å². The Morgan fingerprint density at radius 1 is 1.15 bits per heavy atom. The zero-order chi connectivity index (χ0) is 13.9. The molecule has 0 bridgehead atoms. The van der Waals surface area contributed by atoms with E-state index < -0.39 is 0 Å². The molecule has 20 heavy (non-hydrogen) atoms. The SMILES string of the molecule is Cc1ccnc(C(NN)c2ccc3c(c2)OCCO3)c1. The highest BCUT2D eigenvalue weighted by Gasteiger charge is 2.18. The summed E-state index contributed by atoms with van der Waals surface area (Å²) < 4.78 is 11.1. The van der Waals surface area contributed by atoms with Crippen molar-refractivity contribution in [2.45, 2.75) is 13.0 Å². The van der Waals surface area contributed by atoms with Crippen LogP contribution in [0.5, 0.6) is 11.5 Å². The van der Waals surface area contributed by atoms with Crippen molar-refractivity contribution in [2.75, 3.05) is 13.2 Å². The smallest absolute Gasteiger partial charge is 0.161 e. The third-order valence-electron chi connectivity index (χ3n) is 3.30. The molecule has 3 rings (SSSR count). The number of fused-ring (bicyclic) bond motifs is 1. The number of pyridine rings is 1. The number of ether oxygens (including phenoxy) is 2. The van der Waals surface area contributed by atoms with Crippen LogP contribution >= 0.6 is 0 Å². The highest BCUT2D eigenvalue weighted by Crippen LogP contribution is 2.33. The van der Waals surface area contributed by atoms with E-state index in [9.17, 15) is 0 Å². The Hall–Kier alpha value is -2.11. The first kappa shape index (κ1) is 12.9. The molecule has 2 heterocycles. The molecule has 0 aliphatic carbocycles. The van der Waals surface area contributed by atoms with Gasteiger partial charge in [-0.3, -0.25) is 10.8 Å². The number of nitrogens with two attached hydrogens (primary N) is 1. The molecule has 1 aliphatic rings. The molecule has 5 heteroatoms. The quantitative estimate of drug-likeness (QED) is 0.657. The molecule has 2 aromatic rings. The number of aryl methyl sites for hydroxylation is 1. The van der Waals surface area contributed by atoms with Gasteiger partial charge in [0.15, 0.2) is 11.5 Å². The zero-order valence-corrected chi connectivity index (χ0v) is 11.3. The first-order valence-corrected chi connectivity index (χ1v) is 6.56. The second-order valence-corrected chi connectivity index (χ2v) is 4.76. The Balaban J connectivity index is 1.97. The summed E-state index contributed by atoms with van der Waals surface area (Å²) in [6, 6.07) is 9.63. The Kier molecular flexibility index (Phi) is 3.54. The van der Waals surface area contributed by atoms with Gasteiger partial charge in [-0.25, -0.2) is 5.43 Å². The Morgan fingerprint density at radius 2 is 1.95 bits per heavy atom. The summed E-state index contributed by atoms with van der Waals surface area (Å²) in [7, 11) is 0. The summed E-state index contributed by atoms with van der Waals surface area (Å²) in [6.07, 6.45) is 1.78. The van der Waals surface area contributed by atoms with Crippen LogP contribution < -0.4 is 20.7 Å². The van der Waals surface area contributed by atoms with Crippen LogP contribution in [0.2, 0.25) is 0 Å². The van der Waals surface area contributed by atoms with Crippen LogP contribution in [-0.2, 0) is 0 Å². The monoisotopic (exact) mass is 271 g/mol. The maximum Gasteiger partial charge on any atom is 0.161 e. The molecular formula is C15H17N3O2. The fourth-order valence-electron chi connectivity index (χ4n) is 2.31. The Morgan fingerprint density at radius 3 is 2.70 bits per heavy atom. The maximum atomic E-state index is 5.70. The van der Waals surface area contributed by atoms with Crippen LogP contribution in [-0.4, -0.2) is 18.2 Å².